The highest BCUT2D eigenvalue weighted by Gasteiger charge is 2.15. The third kappa shape index (κ3) is 4.97. The van der Waals surface area contributed by atoms with E-state index >= 15 is 0 Å². The predicted molar refractivity (Wildman–Crippen MR) is 97.9 cm³/mol. The van der Waals surface area contributed by atoms with Crippen LogP contribution in [0.5, 0.6) is 11.5 Å². The molecule has 2 aromatic rings. The van der Waals surface area contributed by atoms with Crippen molar-refractivity contribution in [2.75, 3.05) is 19.0 Å². The van der Waals surface area contributed by atoms with Crippen molar-refractivity contribution in [1.82, 2.24) is 0 Å². The summed E-state index contributed by atoms with van der Waals surface area (Å²) in [5, 5.41) is 14.0. The number of nitrogens with one attached hydrogen (secondary N) is 1. The van der Waals surface area contributed by atoms with Crippen molar-refractivity contribution in [3.05, 3.63) is 55.0 Å². The van der Waals surface area contributed by atoms with Gasteiger partial charge in [0.25, 0.3) is 11.6 Å². The number of carbonyl (C=O) groups excluding carboxylic acids is 1. The van der Waals surface area contributed by atoms with Crippen molar-refractivity contribution in [2.24, 2.45) is 0 Å². The highest BCUT2D eigenvalue weighted by Crippen LogP contribution is 2.36. The normalized spacial score (nSPS) is 10.2. The van der Waals surface area contributed by atoms with Crippen LogP contribution in [-0.4, -0.2) is 24.5 Å². The fraction of sp³-hybridized carbons (Fsp3) is 0.133. The van der Waals surface area contributed by atoms with Crippen LogP contribution >= 0.6 is 39.1 Å². The summed E-state index contributed by atoms with van der Waals surface area (Å²) < 4.78 is 10.9. The third-order valence-electron chi connectivity index (χ3n) is 2.98. The summed E-state index contributed by atoms with van der Waals surface area (Å²) in [6, 6.07) is 6.91. The van der Waals surface area contributed by atoms with Gasteiger partial charge in [0.2, 0.25) is 0 Å². The van der Waals surface area contributed by atoms with Crippen LogP contribution in [0.3, 0.4) is 0 Å². The Balaban J connectivity index is 2.07. The highest BCUT2D eigenvalue weighted by molar-refractivity contribution is 9.10. The molecule has 0 aliphatic carbocycles. The van der Waals surface area contributed by atoms with E-state index in [0.717, 1.165) is 0 Å². The molecule has 2 rings (SSSR count). The van der Waals surface area contributed by atoms with E-state index in [1.807, 2.05) is 0 Å². The van der Waals surface area contributed by atoms with E-state index in [2.05, 4.69) is 21.2 Å². The summed E-state index contributed by atoms with van der Waals surface area (Å²) in [4.78, 5) is 22.3. The molecule has 0 unspecified atom stereocenters. The number of non-ortho nitro benzene ring substituents is 1. The Hall–Kier alpha value is -2.03. The zero-order chi connectivity index (χ0) is 18.6. The number of nitrogens with zero attached hydrogens (tertiary/aromatic N) is 1. The second-order valence-corrected chi connectivity index (χ2v) is 6.38. The fourth-order valence-electron chi connectivity index (χ4n) is 1.89. The number of carbonyl (C=O) groups is 1. The summed E-state index contributed by atoms with van der Waals surface area (Å²) in [7, 11) is 1.34. The summed E-state index contributed by atoms with van der Waals surface area (Å²) in [5.74, 6) is -0.0600. The van der Waals surface area contributed by atoms with Crippen LogP contribution in [-0.2, 0) is 4.79 Å². The quantitative estimate of drug-likeness (QED) is 0.510. The molecule has 132 valence electrons. The molecule has 2 aromatic carbocycles. The maximum absolute atomic E-state index is 12.1. The zero-order valence-electron chi connectivity index (χ0n) is 12.7. The van der Waals surface area contributed by atoms with Crippen LogP contribution in [0, 0.1) is 10.1 Å². The summed E-state index contributed by atoms with van der Waals surface area (Å²) >= 11 is 15.1. The Morgan fingerprint density at radius 3 is 2.64 bits per heavy atom. The molecule has 0 radical (unpaired) electrons. The van der Waals surface area contributed by atoms with Gasteiger partial charge in [-0.05, 0) is 34.1 Å². The van der Waals surface area contributed by atoms with Gasteiger partial charge in [0.1, 0.15) is 5.75 Å². The van der Waals surface area contributed by atoms with Crippen LogP contribution in [0.15, 0.2) is 34.8 Å². The van der Waals surface area contributed by atoms with Gasteiger partial charge in [-0.3, -0.25) is 14.9 Å². The van der Waals surface area contributed by atoms with Gasteiger partial charge >= 0.3 is 0 Å². The van der Waals surface area contributed by atoms with Crippen molar-refractivity contribution in [1.29, 1.82) is 0 Å². The lowest BCUT2D eigenvalue weighted by Crippen LogP contribution is -2.20. The summed E-state index contributed by atoms with van der Waals surface area (Å²) in [5.41, 5.74) is 0.131. The minimum absolute atomic E-state index is 0.150. The number of benzene rings is 2. The molecular weight excluding hydrogens is 439 g/mol. The first-order chi connectivity index (χ1) is 11.8. The SMILES string of the molecule is COc1cc([N+](=O)[O-])ccc1NC(=O)COc1c(Cl)cc(Cl)cc1Br. The molecule has 7 nitrogen and oxygen atoms in total. The van der Waals surface area contributed by atoms with E-state index < -0.39 is 10.8 Å². The van der Waals surface area contributed by atoms with Crippen molar-refractivity contribution in [2.45, 2.75) is 0 Å². The number of anilines is 1. The van der Waals surface area contributed by atoms with Crippen LogP contribution in [0.2, 0.25) is 10.0 Å². The first-order valence-electron chi connectivity index (χ1n) is 6.71. The van der Waals surface area contributed by atoms with Gasteiger partial charge in [-0.1, -0.05) is 23.2 Å². The monoisotopic (exact) mass is 448 g/mol. The highest BCUT2D eigenvalue weighted by atomic mass is 79.9. The fourth-order valence-corrected chi connectivity index (χ4v) is 3.26. The standard InChI is InChI=1S/C15H11BrCl2N2O5/c1-24-13-6-9(20(22)23)2-3-12(13)19-14(21)7-25-15-10(16)4-8(17)5-11(15)18/h2-6H,7H2,1H3,(H,19,21). The summed E-state index contributed by atoms with van der Waals surface area (Å²) in [6.07, 6.45) is 0. The molecule has 0 aliphatic heterocycles. The van der Waals surface area contributed by atoms with E-state index in [1.165, 1.54) is 31.4 Å². The van der Waals surface area contributed by atoms with Gasteiger partial charge in [0, 0.05) is 11.1 Å². The maximum atomic E-state index is 12.1. The molecule has 0 saturated carbocycles. The maximum Gasteiger partial charge on any atom is 0.273 e. The van der Waals surface area contributed by atoms with Gasteiger partial charge in [-0.2, -0.15) is 0 Å². The lowest BCUT2D eigenvalue weighted by molar-refractivity contribution is -0.384. The second-order valence-electron chi connectivity index (χ2n) is 4.68. The van der Waals surface area contributed by atoms with Gasteiger partial charge < -0.3 is 14.8 Å². The number of hydrogen-bond acceptors (Lipinski definition) is 5. The Morgan fingerprint density at radius 2 is 2.04 bits per heavy atom. The van der Waals surface area contributed by atoms with Gasteiger partial charge in [-0.25, -0.2) is 0 Å². The Bertz CT molecular complexity index is 809. The average molecular weight is 450 g/mol. The van der Waals surface area contributed by atoms with Crippen LogP contribution in [0.4, 0.5) is 11.4 Å². The molecule has 1 N–H and O–H groups in total. The van der Waals surface area contributed by atoms with Crippen molar-refractivity contribution in [3.63, 3.8) is 0 Å². The molecule has 0 atom stereocenters. The van der Waals surface area contributed by atoms with Crippen LogP contribution in [0.25, 0.3) is 0 Å². The van der Waals surface area contributed by atoms with E-state index in [9.17, 15) is 14.9 Å². The number of methoxy groups -OCH3 is 1. The second kappa shape index (κ2) is 8.37. The van der Waals surface area contributed by atoms with E-state index in [1.54, 1.807) is 6.07 Å². The minimum atomic E-state index is -0.558. The Kier molecular flexibility index (Phi) is 6.46. The molecule has 10 heteroatoms. The van der Waals surface area contributed by atoms with Crippen molar-refractivity contribution >= 4 is 56.4 Å². The van der Waals surface area contributed by atoms with Gasteiger partial charge in [-0.15, -0.1) is 0 Å². The van der Waals surface area contributed by atoms with Gasteiger partial charge in [0.05, 0.1) is 33.3 Å². The van der Waals surface area contributed by atoms with Crippen LogP contribution in [0.1, 0.15) is 0 Å². The molecule has 0 saturated heterocycles. The molecule has 0 aromatic heterocycles. The largest absolute Gasteiger partial charge is 0.494 e. The molecule has 0 aliphatic rings. The average Bonchev–Trinajstić information content (AvgIpc) is 2.53. The molecule has 25 heavy (non-hydrogen) atoms. The number of ether oxygens (including phenoxy) is 2. The lowest BCUT2D eigenvalue weighted by atomic mass is 10.2. The Labute approximate surface area is 161 Å². The van der Waals surface area contributed by atoms with E-state index in [4.69, 9.17) is 32.7 Å². The number of rotatable bonds is 6. The number of halogens is 3. The first-order valence-corrected chi connectivity index (χ1v) is 8.26. The predicted octanol–water partition coefficient (Wildman–Crippen LogP) is 4.69. The van der Waals surface area contributed by atoms with Crippen LogP contribution < -0.4 is 14.8 Å². The third-order valence-corrected chi connectivity index (χ3v) is 4.07. The molecule has 0 fully saturated rings. The molecule has 0 spiro atoms. The number of amides is 1. The zero-order valence-corrected chi connectivity index (χ0v) is 15.8. The van der Waals surface area contributed by atoms with Gasteiger partial charge in [0.15, 0.2) is 12.4 Å². The Morgan fingerprint density at radius 1 is 1.32 bits per heavy atom. The molecule has 0 bridgehead atoms. The molecular formula is C15H11BrCl2N2O5. The van der Waals surface area contributed by atoms with Crippen molar-refractivity contribution < 1.29 is 19.2 Å². The number of nitro groups is 1. The molecule has 1 amide bonds. The number of nitro benzene ring substituents is 1. The van der Waals surface area contributed by atoms with E-state index in [-0.39, 0.29) is 34.5 Å². The lowest BCUT2D eigenvalue weighted by Gasteiger charge is -2.12. The first kappa shape index (κ1) is 19.3. The smallest absolute Gasteiger partial charge is 0.273 e. The summed E-state index contributed by atoms with van der Waals surface area (Å²) in [6.45, 7) is -0.333. The topological polar surface area (TPSA) is 90.7 Å². The van der Waals surface area contributed by atoms with Crippen molar-refractivity contribution in [3.8, 4) is 11.5 Å². The molecule has 0 heterocycles. The minimum Gasteiger partial charge on any atom is -0.494 e. The number of hydrogen-bond donors (Lipinski definition) is 1. The van der Waals surface area contributed by atoms with E-state index in [0.29, 0.717) is 9.50 Å².